The van der Waals surface area contributed by atoms with Crippen molar-refractivity contribution in [2.24, 2.45) is 11.8 Å². The molecule has 3 saturated heterocycles. The Balaban J connectivity index is 0.000000429. The number of nitrogens with one attached hydrogen (secondary N) is 1. The third kappa shape index (κ3) is 6.06. The van der Waals surface area contributed by atoms with E-state index in [2.05, 4.69) is 17.1 Å². The molecule has 3 heterocycles. The maximum absolute atomic E-state index is 12.9. The van der Waals surface area contributed by atoms with Gasteiger partial charge in [0.1, 0.15) is 5.75 Å². The summed E-state index contributed by atoms with van der Waals surface area (Å²) < 4.78 is 37.0. The largest absolute Gasteiger partial charge is 0.497 e. The lowest BCUT2D eigenvalue weighted by atomic mass is 9.75. The number of likely N-dealkylation sites (tertiary alicyclic amines) is 2. The van der Waals surface area contributed by atoms with Gasteiger partial charge in [0.2, 0.25) is 5.91 Å². The summed E-state index contributed by atoms with van der Waals surface area (Å²) in [7, 11) is 1.61. The summed E-state index contributed by atoms with van der Waals surface area (Å²) in [6, 6.07) is 7.33. The summed E-state index contributed by atoms with van der Waals surface area (Å²) in [4.78, 5) is 38.8. The molecule has 0 saturated carbocycles. The van der Waals surface area contributed by atoms with Crippen molar-refractivity contribution in [3.05, 3.63) is 29.8 Å². The number of carboxylic acids is 1. The van der Waals surface area contributed by atoms with Crippen LogP contribution in [-0.2, 0) is 9.59 Å². The van der Waals surface area contributed by atoms with Gasteiger partial charge in [-0.2, -0.15) is 13.2 Å². The molecule has 1 aromatic carbocycles. The predicted octanol–water partition coefficient (Wildman–Crippen LogP) is 2.78. The quantitative estimate of drug-likeness (QED) is 0.647. The summed E-state index contributed by atoms with van der Waals surface area (Å²) in [6.07, 6.45) is -1.02. The molecule has 11 heteroatoms. The van der Waals surface area contributed by atoms with Gasteiger partial charge in [0.15, 0.2) is 0 Å². The van der Waals surface area contributed by atoms with Crippen molar-refractivity contribution in [3.63, 3.8) is 0 Å². The molecule has 0 bridgehead atoms. The molecular weight excluding hydrogens is 467 g/mol. The standard InChI is InChI=1S/C22H31N3O3.C2HF3O2/c1-3-4-10-24-14-18-19(15-24)22(23-20(18)26)8-11-25(12-9-22)21(27)16-6-5-7-17(13-16)28-2;3-2(4,5)1(6)7/h5-7,13,18-19H,3-4,8-12,14-15H2,1-2H3,(H,23,26);(H,6,7)/t18-,19+;/m1./s1. The number of halogens is 3. The molecule has 3 aliphatic heterocycles. The van der Waals surface area contributed by atoms with Gasteiger partial charge >= 0.3 is 12.1 Å². The molecule has 3 fully saturated rings. The number of carbonyl (C=O) groups excluding carboxylic acids is 2. The van der Waals surface area contributed by atoms with E-state index in [9.17, 15) is 22.8 Å². The average Bonchev–Trinajstić information content (AvgIpc) is 3.37. The van der Waals surface area contributed by atoms with E-state index in [1.54, 1.807) is 13.2 Å². The number of fused-ring (bicyclic) bond motifs is 2. The van der Waals surface area contributed by atoms with Crippen LogP contribution in [0.15, 0.2) is 24.3 Å². The predicted molar refractivity (Wildman–Crippen MR) is 121 cm³/mol. The number of carboxylic acid groups (broad SMARTS) is 1. The first-order valence-corrected chi connectivity index (χ1v) is 11.8. The number of benzene rings is 1. The highest BCUT2D eigenvalue weighted by Gasteiger charge is 2.57. The SMILES string of the molecule is CCCCN1C[C@H]2C(=O)NC3(CCN(C(=O)c4cccc(OC)c4)CC3)[C@H]2C1.O=C(O)C(F)(F)F. The molecule has 1 spiro atoms. The van der Waals surface area contributed by atoms with E-state index in [4.69, 9.17) is 14.6 Å². The average molecular weight is 500 g/mol. The van der Waals surface area contributed by atoms with Crippen molar-refractivity contribution in [1.29, 1.82) is 0 Å². The molecule has 1 aromatic rings. The number of hydrogen-bond acceptors (Lipinski definition) is 5. The first kappa shape index (κ1) is 26.8. The van der Waals surface area contributed by atoms with Crippen LogP contribution in [0.2, 0.25) is 0 Å². The number of amides is 2. The van der Waals surface area contributed by atoms with Crippen LogP contribution in [0.3, 0.4) is 0 Å². The van der Waals surface area contributed by atoms with Crippen LogP contribution in [0.5, 0.6) is 5.75 Å². The molecule has 4 rings (SSSR count). The molecule has 2 N–H and O–H groups in total. The van der Waals surface area contributed by atoms with Crippen molar-refractivity contribution in [3.8, 4) is 5.75 Å². The highest BCUT2D eigenvalue weighted by Crippen LogP contribution is 2.44. The third-order valence-corrected chi connectivity index (χ3v) is 7.14. The van der Waals surface area contributed by atoms with Gasteiger partial charge in [-0.3, -0.25) is 9.59 Å². The van der Waals surface area contributed by atoms with E-state index in [1.807, 2.05) is 23.1 Å². The maximum Gasteiger partial charge on any atom is 0.490 e. The van der Waals surface area contributed by atoms with Gasteiger partial charge in [-0.1, -0.05) is 19.4 Å². The highest BCUT2D eigenvalue weighted by atomic mass is 19.4. The zero-order chi connectivity index (χ0) is 25.8. The van der Waals surface area contributed by atoms with E-state index < -0.39 is 12.1 Å². The van der Waals surface area contributed by atoms with Gasteiger partial charge in [-0.15, -0.1) is 0 Å². The second-order valence-electron chi connectivity index (χ2n) is 9.30. The van der Waals surface area contributed by atoms with E-state index >= 15 is 0 Å². The summed E-state index contributed by atoms with van der Waals surface area (Å²) in [6.45, 7) is 6.58. The Kier molecular flexibility index (Phi) is 8.30. The Hall–Kier alpha value is -2.82. The molecule has 35 heavy (non-hydrogen) atoms. The molecule has 3 aliphatic rings. The van der Waals surface area contributed by atoms with Crippen LogP contribution in [0.25, 0.3) is 0 Å². The number of carbonyl (C=O) groups is 3. The Morgan fingerprint density at radius 2 is 1.89 bits per heavy atom. The number of aliphatic carboxylic acids is 1. The monoisotopic (exact) mass is 499 g/mol. The van der Waals surface area contributed by atoms with Crippen molar-refractivity contribution in [2.45, 2.75) is 44.3 Å². The van der Waals surface area contributed by atoms with Crippen LogP contribution >= 0.6 is 0 Å². The number of unbranched alkanes of at least 4 members (excludes halogenated alkanes) is 1. The third-order valence-electron chi connectivity index (χ3n) is 7.14. The number of rotatable bonds is 5. The number of ether oxygens (including phenoxy) is 1. The maximum atomic E-state index is 12.9. The second kappa shape index (κ2) is 10.8. The van der Waals surface area contributed by atoms with Crippen LogP contribution in [-0.4, -0.2) is 84.2 Å². The smallest absolute Gasteiger partial charge is 0.490 e. The molecule has 0 aliphatic carbocycles. The van der Waals surface area contributed by atoms with E-state index in [1.165, 1.54) is 12.8 Å². The van der Waals surface area contributed by atoms with Gasteiger partial charge in [-0.05, 0) is 44.0 Å². The minimum Gasteiger partial charge on any atom is -0.497 e. The van der Waals surface area contributed by atoms with E-state index in [-0.39, 0.29) is 23.3 Å². The fraction of sp³-hybridized carbons (Fsp3) is 0.625. The normalized spacial score (nSPS) is 23.3. The van der Waals surface area contributed by atoms with Crippen molar-refractivity contribution in [1.82, 2.24) is 15.1 Å². The molecule has 0 unspecified atom stereocenters. The second-order valence-corrected chi connectivity index (χ2v) is 9.30. The molecule has 2 amide bonds. The van der Waals surface area contributed by atoms with Gasteiger partial charge in [0, 0.05) is 43.2 Å². The minimum atomic E-state index is -5.08. The lowest BCUT2D eigenvalue weighted by Crippen LogP contribution is -2.56. The molecule has 194 valence electrons. The van der Waals surface area contributed by atoms with Crippen LogP contribution in [0.1, 0.15) is 43.0 Å². The Bertz CT molecular complexity index is 931. The molecule has 0 aromatic heterocycles. The Morgan fingerprint density at radius 1 is 1.23 bits per heavy atom. The summed E-state index contributed by atoms with van der Waals surface area (Å²) in [5, 5.41) is 10.5. The van der Waals surface area contributed by atoms with Gasteiger partial charge in [-0.25, -0.2) is 4.79 Å². The molecule has 2 atom stereocenters. The Morgan fingerprint density at radius 3 is 2.46 bits per heavy atom. The first-order valence-electron chi connectivity index (χ1n) is 11.8. The van der Waals surface area contributed by atoms with Crippen LogP contribution in [0, 0.1) is 11.8 Å². The lowest BCUT2D eigenvalue weighted by Gasteiger charge is -2.42. The van der Waals surface area contributed by atoms with Gasteiger partial charge < -0.3 is 25.0 Å². The number of hydrogen-bond donors (Lipinski definition) is 2. The summed E-state index contributed by atoms with van der Waals surface area (Å²) >= 11 is 0. The summed E-state index contributed by atoms with van der Waals surface area (Å²) in [5.41, 5.74) is 0.531. The molecule has 8 nitrogen and oxygen atoms in total. The number of piperidine rings is 1. The zero-order valence-electron chi connectivity index (χ0n) is 19.9. The number of alkyl halides is 3. The Labute approximate surface area is 202 Å². The fourth-order valence-electron chi connectivity index (χ4n) is 5.25. The highest BCUT2D eigenvalue weighted by molar-refractivity contribution is 5.94. The van der Waals surface area contributed by atoms with Crippen molar-refractivity contribution >= 4 is 17.8 Å². The van der Waals surface area contributed by atoms with Crippen molar-refractivity contribution in [2.75, 3.05) is 39.8 Å². The first-order chi connectivity index (χ1) is 16.5. The number of methoxy groups -OCH3 is 1. The number of nitrogens with zero attached hydrogens (tertiary/aromatic N) is 2. The minimum absolute atomic E-state index is 0.0469. The van der Waals surface area contributed by atoms with Gasteiger partial charge in [0.25, 0.3) is 5.91 Å². The molecule has 0 radical (unpaired) electrons. The fourth-order valence-corrected chi connectivity index (χ4v) is 5.25. The van der Waals surface area contributed by atoms with Crippen molar-refractivity contribution < 1.29 is 37.4 Å². The van der Waals surface area contributed by atoms with Crippen LogP contribution < -0.4 is 10.1 Å². The van der Waals surface area contributed by atoms with E-state index in [0.717, 1.165) is 32.5 Å². The lowest BCUT2D eigenvalue weighted by molar-refractivity contribution is -0.192. The van der Waals surface area contributed by atoms with E-state index in [0.29, 0.717) is 30.3 Å². The molecular formula is C24H32F3N3O5. The topological polar surface area (TPSA) is 99.2 Å². The van der Waals surface area contributed by atoms with Gasteiger partial charge in [0.05, 0.1) is 13.0 Å². The summed E-state index contributed by atoms with van der Waals surface area (Å²) in [5.74, 6) is -1.29. The zero-order valence-corrected chi connectivity index (χ0v) is 19.9. The van der Waals surface area contributed by atoms with Crippen LogP contribution in [0.4, 0.5) is 13.2 Å².